The third-order valence-electron chi connectivity index (χ3n) is 5.49. The number of hydrogen-bond donors (Lipinski definition) is 3. The van der Waals surface area contributed by atoms with Crippen LogP contribution >= 0.6 is 0 Å². The molecule has 5 nitrogen and oxygen atoms in total. The molecule has 152 valence electrons. The Morgan fingerprint density at radius 3 is 2.72 bits per heavy atom. The molecule has 0 bridgehead atoms. The Balaban J connectivity index is 1.44. The van der Waals surface area contributed by atoms with Crippen LogP contribution < -0.4 is 10.6 Å². The summed E-state index contributed by atoms with van der Waals surface area (Å²) >= 11 is 0. The van der Waals surface area contributed by atoms with E-state index in [1.807, 2.05) is 30.5 Å². The number of halogens is 1. The van der Waals surface area contributed by atoms with Gasteiger partial charge in [0, 0.05) is 23.9 Å². The van der Waals surface area contributed by atoms with E-state index in [-0.39, 0.29) is 17.8 Å². The first kappa shape index (κ1) is 19.6. The summed E-state index contributed by atoms with van der Waals surface area (Å²) in [7, 11) is 0. The fourth-order valence-electron chi connectivity index (χ4n) is 3.75. The monoisotopic (exact) mass is 395 g/mol. The SMILES string of the molecule is O=C(NC(COCC1CCNCC1)c1ccc(F)cc1)c1ccc2cc[nH]c2c1. The molecule has 3 aromatic rings. The van der Waals surface area contributed by atoms with Gasteiger partial charge in [0.15, 0.2) is 0 Å². The molecule has 0 saturated carbocycles. The first-order valence-electron chi connectivity index (χ1n) is 10.1. The van der Waals surface area contributed by atoms with E-state index in [0.29, 0.717) is 24.7 Å². The van der Waals surface area contributed by atoms with Crippen LogP contribution in [0.1, 0.15) is 34.8 Å². The van der Waals surface area contributed by atoms with Crippen LogP contribution in [0.5, 0.6) is 0 Å². The molecule has 1 aliphatic heterocycles. The van der Waals surface area contributed by atoms with Gasteiger partial charge in [0.25, 0.3) is 5.91 Å². The normalized spacial score (nSPS) is 16.0. The van der Waals surface area contributed by atoms with Gasteiger partial charge < -0.3 is 20.4 Å². The Labute approximate surface area is 169 Å². The zero-order valence-electron chi connectivity index (χ0n) is 16.3. The first-order chi connectivity index (χ1) is 14.2. The highest BCUT2D eigenvalue weighted by molar-refractivity contribution is 5.98. The predicted molar refractivity (Wildman–Crippen MR) is 111 cm³/mol. The van der Waals surface area contributed by atoms with Crippen LogP contribution in [0.25, 0.3) is 10.9 Å². The minimum atomic E-state index is -0.343. The highest BCUT2D eigenvalue weighted by atomic mass is 19.1. The summed E-state index contributed by atoms with van der Waals surface area (Å²) in [5.74, 6) is 0.0593. The van der Waals surface area contributed by atoms with Crippen LogP contribution in [-0.2, 0) is 4.74 Å². The topological polar surface area (TPSA) is 66.2 Å². The minimum Gasteiger partial charge on any atom is -0.379 e. The van der Waals surface area contributed by atoms with Crippen LogP contribution in [0, 0.1) is 11.7 Å². The second kappa shape index (κ2) is 9.20. The van der Waals surface area contributed by atoms with Crippen LogP contribution in [0.3, 0.4) is 0 Å². The van der Waals surface area contributed by atoms with E-state index in [2.05, 4.69) is 15.6 Å². The molecule has 1 aromatic heterocycles. The number of fused-ring (bicyclic) bond motifs is 1. The van der Waals surface area contributed by atoms with Gasteiger partial charge in [-0.1, -0.05) is 18.2 Å². The molecule has 3 N–H and O–H groups in total. The quantitative estimate of drug-likeness (QED) is 0.570. The lowest BCUT2D eigenvalue weighted by Crippen LogP contribution is -2.33. The van der Waals surface area contributed by atoms with Crippen molar-refractivity contribution in [3.05, 3.63) is 71.7 Å². The highest BCUT2D eigenvalue weighted by Crippen LogP contribution is 2.19. The van der Waals surface area contributed by atoms with E-state index >= 15 is 0 Å². The summed E-state index contributed by atoms with van der Waals surface area (Å²) in [6, 6.07) is 13.4. The van der Waals surface area contributed by atoms with Crippen LogP contribution in [0.4, 0.5) is 4.39 Å². The van der Waals surface area contributed by atoms with E-state index in [0.717, 1.165) is 42.4 Å². The molecule has 0 radical (unpaired) electrons. The van der Waals surface area contributed by atoms with Crippen molar-refractivity contribution in [3.8, 4) is 0 Å². The van der Waals surface area contributed by atoms with Crippen LogP contribution in [0.2, 0.25) is 0 Å². The summed E-state index contributed by atoms with van der Waals surface area (Å²) in [6.07, 6.45) is 4.05. The average molecular weight is 395 g/mol. The number of nitrogens with one attached hydrogen (secondary N) is 3. The molecule has 0 aliphatic carbocycles. The third kappa shape index (κ3) is 5.02. The number of ether oxygens (including phenoxy) is 1. The molecule has 6 heteroatoms. The highest BCUT2D eigenvalue weighted by Gasteiger charge is 2.19. The van der Waals surface area contributed by atoms with Gasteiger partial charge in [0.05, 0.1) is 12.6 Å². The van der Waals surface area contributed by atoms with Gasteiger partial charge >= 0.3 is 0 Å². The van der Waals surface area contributed by atoms with E-state index in [1.54, 1.807) is 12.1 Å². The number of rotatable bonds is 7. The second-order valence-corrected chi connectivity index (χ2v) is 7.59. The van der Waals surface area contributed by atoms with E-state index in [1.165, 1.54) is 12.1 Å². The summed E-state index contributed by atoms with van der Waals surface area (Å²) in [5, 5.41) is 7.46. The Kier molecular flexibility index (Phi) is 6.22. The van der Waals surface area contributed by atoms with Gasteiger partial charge in [-0.05, 0) is 73.1 Å². The maximum Gasteiger partial charge on any atom is 0.251 e. The van der Waals surface area contributed by atoms with Crippen LogP contribution in [-0.4, -0.2) is 37.2 Å². The summed E-state index contributed by atoms with van der Waals surface area (Å²) in [4.78, 5) is 16.0. The average Bonchev–Trinajstić information content (AvgIpc) is 3.22. The summed E-state index contributed by atoms with van der Waals surface area (Å²) in [6.45, 7) is 3.07. The molecular weight excluding hydrogens is 369 g/mol. The number of H-pyrrole nitrogens is 1. The first-order valence-corrected chi connectivity index (χ1v) is 10.1. The number of hydrogen-bond acceptors (Lipinski definition) is 3. The van der Waals surface area contributed by atoms with Gasteiger partial charge in [0.1, 0.15) is 5.82 Å². The maximum absolute atomic E-state index is 13.4. The standard InChI is InChI=1S/C23H26FN3O2/c24-20-5-3-17(4-6-20)22(15-29-14-16-7-10-25-11-8-16)27-23(28)19-2-1-18-9-12-26-21(18)13-19/h1-6,9,12-13,16,22,25-26H,7-8,10-11,14-15H2,(H,27,28). The molecule has 2 aromatic carbocycles. The van der Waals surface area contributed by atoms with Crippen molar-refractivity contribution in [2.75, 3.05) is 26.3 Å². The Bertz CT molecular complexity index is 948. The molecule has 29 heavy (non-hydrogen) atoms. The molecule has 1 unspecified atom stereocenters. The van der Waals surface area contributed by atoms with Gasteiger partial charge in [0.2, 0.25) is 0 Å². The van der Waals surface area contributed by atoms with Crippen molar-refractivity contribution in [1.82, 2.24) is 15.6 Å². The smallest absolute Gasteiger partial charge is 0.251 e. The van der Waals surface area contributed by atoms with E-state index in [4.69, 9.17) is 4.74 Å². The zero-order chi connectivity index (χ0) is 20.1. The molecular formula is C23H26FN3O2. The number of benzene rings is 2. The number of carbonyl (C=O) groups excluding carboxylic acids is 1. The molecule has 4 rings (SSSR count). The van der Waals surface area contributed by atoms with Crippen molar-refractivity contribution in [1.29, 1.82) is 0 Å². The predicted octanol–water partition coefficient (Wildman–Crippen LogP) is 3.79. The molecule has 1 saturated heterocycles. The van der Waals surface area contributed by atoms with Crippen molar-refractivity contribution in [2.45, 2.75) is 18.9 Å². The Morgan fingerprint density at radius 2 is 1.93 bits per heavy atom. The summed E-state index contributed by atoms with van der Waals surface area (Å²) in [5.41, 5.74) is 2.31. The van der Waals surface area contributed by atoms with Crippen molar-refractivity contribution >= 4 is 16.8 Å². The fourth-order valence-corrected chi connectivity index (χ4v) is 3.75. The van der Waals surface area contributed by atoms with Gasteiger partial charge in [-0.15, -0.1) is 0 Å². The second-order valence-electron chi connectivity index (χ2n) is 7.59. The van der Waals surface area contributed by atoms with Gasteiger partial charge in [-0.2, -0.15) is 0 Å². The number of amides is 1. The number of aromatic amines is 1. The van der Waals surface area contributed by atoms with E-state index in [9.17, 15) is 9.18 Å². The Hall–Kier alpha value is -2.70. The summed E-state index contributed by atoms with van der Waals surface area (Å²) < 4.78 is 19.3. The van der Waals surface area contributed by atoms with Crippen molar-refractivity contribution in [3.63, 3.8) is 0 Å². The molecule has 0 spiro atoms. The molecule has 1 aliphatic rings. The molecule has 2 heterocycles. The lowest BCUT2D eigenvalue weighted by molar-refractivity contribution is 0.0656. The fraction of sp³-hybridized carbons (Fsp3) is 0.348. The number of aromatic nitrogens is 1. The molecule has 1 fully saturated rings. The minimum absolute atomic E-state index is 0.179. The third-order valence-corrected chi connectivity index (χ3v) is 5.49. The van der Waals surface area contributed by atoms with Gasteiger partial charge in [-0.3, -0.25) is 4.79 Å². The largest absolute Gasteiger partial charge is 0.379 e. The van der Waals surface area contributed by atoms with Crippen molar-refractivity contribution < 1.29 is 13.9 Å². The molecule has 1 amide bonds. The number of piperidine rings is 1. The molecule has 1 atom stereocenters. The zero-order valence-corrected chi connectivity index (χ0v) is 16.3. The Morgan fingerprint density at radius 1 is 1.14 bits per heavy atom. The lowest BCUT2D eigenvalue weighted by Gasteiger charge is -2.24. The van der Waals surface area contributed by atoms with Crippen LogP contribution in [0.15, 0.2) is 54.7 Å². The lowest BCUT2D eigenvalue weighted by atomic mass is 9.99. The maximum atomic E-state index is 13.4. The van der Waals surface area contributed by atoms with E-state index < -0.39 is 0 Å². The number of carbonyl (C=O) groups is 1. The van der Waals surface area contributed by atoms with Crippen molar-refractivity contribution in [2.24, 2.45) is 5.92 Å². The van der Waals surface area contributed by atoms with Gasteiger partial charge in [-0.25, -0.2) is 4.39 Å².